The topological polar surface area (TPSA) is 67.9 Å². The van der Waals surface area contributed by atoms with Gasteiger partial charge in [0.1, 0.15) is 10.8 Å². The highest BCUT2D eigenvalue weighted by molar-refractivity contribution is 8.00. The Bertz CT molecular complexity index is 1170. The minimum absolute atomic E-state index is 0.0122. The molecular formula is C24H19ClN2O4S. The van der Waals surface area contributed by atoms with E-state index in [2.05, 4.69) is 5.32 Å². The number of halogens is 1. The molecule has 0 aliphatic carbocycles. The molecule has 3 aromatic carbocycles. The molecule has 2 aliphatic rings. The number of nitrogens with zero attached hydrogens (tertiary/aromatic N) is 1. The van der Waals surface area contributed by atoms with Gasteiger partial charge in [0.2, 0.25) is 18.6 Å². The lowest BCUT2D eigenvalue weighted by molar-refractivity contribution is -0.116. The normalized spacial score (nSPS) is 18.0. The number of carbonyl (C=O) groups excluding carboxylic acids is 2. The largest absolute Gasteiger partial charge is 0.454 e. The van der Waals surface area contributed by atoms with Crippen molar-refractivity contribution < 1.29 is 19.1 Å². The first-order valence-electron chi connectivity index (χ1n) is 10.0. The second-order valence-corrected chi connectivity index (χ2v) is 8.86. The molecule has 8 heteroatoms. The van der Waals surface area contributed by atoms with Gasteiger partial charge in [0.15, 0.2) is 11.5 Å². The number of rotatable bonds is 5. The van der Waals surface area contributed by atoms with Crippen molar-refractivity contribution in [3.05, 3.63) is 83.9 Å². The number of hydrogen-bond donors (Lipinski definition) is 1. The summed E-state index contributed by atoms with van der Waals surface area (Å²) in [5.41, 5.74) is 3.00. The van der Waals surface area contributed by atoms with Gasteiger partial charge in [0.05, 0.1) is 5.75 Å². The van der Waals surface area contributed by atoms with Crippen LogP contribution in [0, 0.1) is 0 Å². The first-order valence-corrected chi connectivity index (χ1v) is 11.5. The predicted octanol–water partition coefficient (Wildman–Crippen LogP) is 5.11. The standard InChI is InChI=1S/C24H19ClN2O4S/c25-22(15-5-2-1-3-6-15)23(29)26-17-8-4-7-16(11-17)24-27(21(28)13-32-24)18-9-10-19-20(12-18)31-14-30-19/h1-12,22,24H,13-14H2,(H,26,29). The van der Waals surface area contributed by atoms with Crippen LogP contribution in [0.25, 0.3) is 0 Å². The van der Waals surface area contributed by atoms with Crippen LogP contribution < -0.4 is 19.7 Å². The smallest absolute Gasteiger partial charge is 0.246 e. The van der Waals surface area contributed by atoms with Crippen LogP contribution in [0.3, 0.4) is 0 Å². The third-order valence-electron chi connectivity index (χ3n) is 5.26. The van der Waals surface area contributed by atoms with Crippen molar-refractivity contribution in [2.24, 2.45) is 0 Å². The van der Waals surface area contributed by atoms with Crippen LogP contribution in [0.5, 0.6) is 11.5 Å². The van der Waals surface area contributed by atoms with Gasteiger partial charge in [-0.05, 0) is 35.4 Å². The Morgan fingerprint density at radius 1 is 1.03 bits per heavy atom. The summed E-state index contributed by atoms with van der Waals surface area (Å²) in [7, 11) is 0. The molecule has 5 rings (SSSR count). The molecule has 2 aliphatic heterocycles. The van der Waals surface area contributed by atoms with Crippen molar-refractivity contribution in [2.75, 3.05) is 22.8 Å². The zero-order chi connectivity index (χ0) is 22.1. The summed E-state index contributed by atoms with van der Waals surface area (Å²) in [5, 5.41) is 1.86. The predicted molar refractivity (Wildman–Crippen MR) is 125 cm³/mol. The summed E-state index contributed by atoms with van der Waals surface area (Å²) in [4.78, 5) is 27.1. The summed E-state index contributed by atoms with van der Waals surface area (Å²) in [5.74, 6) is 1.37. The Morgan fingerprint density at radius 2 is 1.84 bits per heavy atom. The maximum Gasteiger partial charge on any atom is 0.246 e. The van der Waals surface area contributed by atoms with E-state index in [1.54, 1.807) is 4.90 Å². The lowest BCUT2D eigenvalue weighted by Gasteiger charge is -2.25. The number of thioether (sulfide) groups is 1. The third-order valence-corrected chi connectivity index (χ3v) is 6.93. The second-order valence-electron chi connectivity index (χ2n) is 7.35. The Labute approximate surface area is 194 Å². The van der Waals surface area contributed by atoms with Gasteiger partial charge in [0.25, 0.3) is 0 Å². The maximum atomic E-state index is 12.7. The van der Waals surface area contributed by atoms with Crippen LogP contribution in [0.4, 0.5) is 11.4 Å². The molecule has 162 valence electrons. The van der Waals surface area contributed by atoms with Gasteiger partial charge >= 0.3 is 0 Å². The van der Waals surface area contributed by atoms with Crippen molar-refractivity contribution >= 4 is 46.6 Å². The van der Waals surface area contributed by atoms with Crippen molar-refractivity contribution in [3.8, 4) is 11.5 Å². The monoisotopic (exact) mass is 466 g/mol. The average Bonchev–Trinajstić information content (AvgIpc) is 3.45. The fraction of sp³-hybridized carbons (Fsp3) is 0.167. The van der Waals surface area contributed by atoms with Crippen LogP contribution in [0.1, 0.15) is 21.9 Å². The number of anilines is 2. The van der Waals surface area contributed by atoms with Crippen LogP contribution in [-0.2, 0) is 9.59 Å². The van der Waals surface area contributed by atoms with Crippen LogP contribution in [0.15, 0.2) is 72.8 Å². The average molecular weight is 467 g/mol. The van der Waals surface area contributed by atoms with Crippen LogP contribution in [-0.4, -0.2) is 24.4 Å². The number of hydrogen-bond acceptors (Lipinski definition) is 5. The maximum absolute atomic E-state index is 12.7. The number of benzene rings is 3. The molecule has 3 aromatic rings. The number of nitrogens with one attached hydrogen (secondary N) is 1. The van der Waals surface area contributed by atoms with Gasteiger partial charge in [-0.15, -0.1) is 23.4 Å². The van der Waals surface area contributed by atoms with Gasteiger partial charge in [-0.3, -0.25) is 14.5 Å². The van der Waals surface area contributed by atoms with Crippen molar-refractivity contribution in [3.63, 3.8) is 0 Å². The minimum Gasteiger partial charge on any atom is -0.454 e. The number of amides is 2. The lowest BCUT2D eigenvalue weighted by atomic mass is 10.1. The van der Waals surface area contributed by atoms with Crippen molar-refractivity contribution in [1.82, 2.24) is 0 Å². The summed E-state index contributed by atoms with van der Waals surface area (Å²) < 4.78 is 10.8. The Kier molecular flexibility index (Phi) is 5.68. The molecule has 0 aromatic heterocycles. The lowest BCUT2D eigenvalue weighted by Crippen LogP contribution is -2.27. The summed E-state index contributed by atoms with van der Waals surface area (Å²) >= 11 is 7.89. The summed E-state index contributed by atoms with van der Waals surface area (Å²) in [6, 6.07) is 22.2. The second kappa shape index (κ2) is 8.76. The molecule has 6 nitrogen and oxygen atoms in total. The van der Waals surface area contributed by atoms with E-state index < -0.39 is 5.38 Å². The molecule has 2 heterocycles. The zero-order valence-electron chi connectivity index (χ0n) is 16.9. The molecular weight excluding hydrogens is 448 g/mol. The Morgan fingerprint density at radius 3 is 2.69 bits per heavy atom. The van der Waals surface area contributed by atoms with E-state index >= 15 is 0 Å². The Balaban J connectivity index is 1.37. The van der Waals surface area contributed by atoms with Crippen molar-refractivity contribution in [1.29, 1.82) is 0 Å². The third kappa shape index (κ3) is 4.01. The molecule has 1 saturated heterocycles. The highest BCUT2D eigenvalue weighted by atomic mass is 35.5. The van der Waals surface area contributed by atoms with Gasteiger partial charge in [-0.25, -0.2) is 0 Å². The molecule has 0 radical (unpaired) electrons. The number of alkyl halides is 1. The van der Waals surface area contributed by atoms with E-state index in [-0.39, 0.29) is 24.0 Å². The van der Waals surface area contributed by atoms with E-state index in [0.717, 1.165) is 16.8 Å². The fourth-order valence-corrected chi connectivity index (χ4v) is 5.10. The number of fused-ring (bicyclic) bond motifs is 1. The molecule has 1 N–H and O–H groups in total. The summed E-state index contributed by atoms with van der Waals surface area (Å²) in [6.07, 6.45) is 0. The SMILES string of the molecule is O=C(Nc1cccc(C2SCC(=O)N2c2ccc3c(c2)OCO3)c1)C(Cl)c1ccccc1. The van der Waals surface area contributed by atoms with E-state index in [9.17, 15) is 9.59 Å². The molecule has 0 saturated carbocycles. The first kappa shape index (κ1) is 20.7. The van der Waals surface area contributed by atoms with Crippen molar-refractivity contribution in [2.45, 2.75) is 10.8 Å². The van der Waals surface area contributed by atoms with Gasteiger partial charge in [-0.2, -0.15) is 0 Å². The molecule has 1 fully saturated rings. The molecule has 2 unspecified atom stereocenters. The Hall–Kier alpha value is -3.16. The fourth-order valence-electron chi connectivity index (χ4n) is 3.73. The van der Waals surface area contributed by atoms with Gasteiger partial charge < -0.3 is 14.8 Å². The quantitative estimate of drug-likeness (QED) is 0.529. The molecule has 2 amide bonds. The highest BCUT2D eigenvalue weighted by Gasteiger charge is 2.35. The first-order chi connectivity index (χ1) is 15.6. The van der Waals surface area contributed by atoms with Gasteiger partial charge in [0, 0.05) is 17.4 Å². The van der Waals surface area contributed by atoms with E-state index in [1.807, 2.05) is 72.8 Å². The molecule has 32 heavy (non-hydrogen) atoms. The molecule has 2 atom stereocenters. The number of carbonyl (C=O) groups is 2. The summed E-state index contributed by atoms with van der Waals surface area (Å²) in [6.45, 7) is 0.178. The molecule has 0 bridgehead atoms. The zero-order valence-corrected chi connectivity index (χ0v) is 18.4. The highest BCUT2D eigenvalue weighted by Crippen LogP contribution is 2.45. The van der Waals surface area contributed by atoms with E-state index in [0.29, 0.717) is 22.9 Å². The van der Waals surface area contributed by atoms with Crippen LogP contribution in [0.2, 0.25) is 0 Å². The van der Waals surface area contributed by atoms with Gasteiger partial charge in [-0.1, -0.05) is 42.5 Å². The van der Waals surface area contributed by atoms with E-state index in [1.165, 1.54) is 11.8 Å². The van der Waals surface area contributed by atoms with E-state index in [4.69, 9.17) is 21.1 Å². The minimum atomic E-state index is -0.799. The van der Waals surface area contributed by atoms with Crippen LogP contribution >= 0.6 is 23.4 Å². The molecule has 0 spiro atoms. The number of ether oxygens (including phenoxy) is 2.